The minimum Gasteiger partial charge on any atom is -0.461 e. The summed E-state index contributed by atoms with van der Waals surface area (Å²) in [6.07, 6.45) is 0.938. The predicted octanol–water partition coefficient (Wildman–Crippen LogP) is 2.53. The van der Waals surface area contributed by atoms with Crippen molar-refractivity contribution in [3.05, 3.63) is 35.9 Å². The van der Waals surface area contributed by atoms with Crippen LogP contribution in [-0.2, 0) is 16.1 Å². The van der Waals surface area contributed by atoms with Crippen LogP contribution in [0.15, 0.2) is 30.3 Å². The van der Waals surface area contributed by atoms with E-state index in [4.69, 9.17) is 9.84 Å². The molecule has 0 aliphatic rings. The van der Waals surface area contributed by atoms with Crippen LogP contribution in [0.2, 0.25) is 0 Å². The number of carbonyl (C=O) groups excluding carboxylic acids is 1. The summed E-state index contributed by atoms with van der Waals surface area (Å²) in [5, 5.41) is 8.87. The lowest BCUT2D eigenvalue weighted by atomic mass is 9.86. The van der Waals surface area contributed by atoms with Crippen LogP contribution in [0, 0.1) is 5.41 Å². The fraction of sp³-hybridized carbons (Fsp3) is 0.500. The molecular weight excluding hydrogens is 216 g/mol. The number of ether oxygens (including phenoxy) is 1. The molecule has 0 saturated heterocycles. The van der Waals surface area contributed by atoms with Crippen molar-refractivity contribution >= 4 is 5.97 Å². The maximum absolute atomic E-state index is 11.6. The smallest absolute Gasteiger partial charge is 0.306 e. The van der Waals surface area contributed by atoms with Crippen LogP contribution in [0.3, 0.4) is 0 Å². The minimum atomic E-state index is -0.215. The lowest BCUT2D eigenvalue weighted by Gasteiger charge is -2.22. The van der Waals surface area contributed by atoms with Gasteiger partial charge in [-0.05, 0) is 17.4 Å². The number of esters is 1. The van der Waals surface area contributed by atoms with E-state index in [0.29, 0.717) is 19.4 Å². The van der Waals surface area contributed by atoms with E-state index in [1.165, 1.54) is 0 Å². The van der Waals surface area contributed by atoms with Gasteiger partial charge in [0.15, 0.2) is 0 Å². The summed E-state index contributed by atoms with van der Waals surface area (Å²) in [7, 11) is 0. The van der Waals surface area contributed by atoms with Crippen molar-refractivity contribution in [2.24, 2.45) is 5.41 Å². The summed E-state index contributed by atoms with van der Waals surface area (Å²) in [5.74, 6) is -0.215. The molecule has 0 spiro atoms. The number of carbonyl (C=O) groups is 1. The normalized spacial score (nSPS) is 11.2. The Bertz CT molecular complexity index is 344. The third-order valence-corrected chi connectivity index (χ3v) is 2.65. The van der Waals surface area contributed by atoms with E-state index in [9.17, 15) is 4.79 Å². The van der Waals surface area contributed by atoms with E-state index in [1.807, 2.05) is 44.2 Å². The molecule has 0 saturated carbocycles. The molecule has 1 rings (SSSR count). The highest BCUT2D eigenvalue weighted by atomic mass is 16.5. The zero-order chi connectivity index (χ0) is 12.7. The van der Waals surface area contributed by atoms with Gasteiger partial charge in [0.1, 0.15) is 6.61 Å². The minimum absolute atomic E-state index is 0.0962. The molecule has 0 aliphatic carbocycles. The highest BCUT2D eigenvalue weighted by molar-refractivity contribution is 5.70. The number of aliphatic hydroxyl groups excluding tert-OH is 1. The highest BCUT2D eigenvalue weighted by Crippen LogP contribution is 2.25. The Morgan fingerprint density at radius 1 is 1.29 bits per heavy atom. The Hall–Kier alpha value is -1.35. The second-order valence-corrected chi connectivity index (χ2v) is 4.96. The Kier molecular flexibility index (Phi) is 5.16. The average Bonchev–Trinajstić information content (AvgIpc) is 2.27. The largest absolute Gasteiger partial charge is 0.461 e. The SMILES string of the molecule is CC(C)(CCO)CC(=O)OCc1ccccc1. The number of aliphatic hydroxyl groups is 1. The third-order valence-electron chi connectivity index (χ3n) is 2.65. The van der Waals surface area contributed by atoms with Gasteiger partial charge < -0.3 is 9.84 Å². The first kappa shape index (κ1) is 13.7. The maximum atomic E-state index is 11.6. The van der Waals surface area contributed by atoms with Crippen molar-refractivity contribution in [1.29, 1.82) is 0 Å². The number of hydrogen-bond acceptors (Lipinski definition) is 3. The lowest BCUT2D eigenvalue weighted by Crippen LogP contribution is -2.20. The predicted molar refractivity (Wildman–Crippen MR) is 66.3 cm³/mol. The third kappa shape index (κ3) is 5.50. The fourth-order valence-corrected chi connectivity index (χ4v) is 1.57. The summed E-state index contributed by atoms with van der Waals surface area (Å²) in [4.78, 5) is 11.6. The molecule has 1 aromatic rings. The fourth-order valence-electron chi connectivity index (χ4n) is 1.57. The highest BCUT2D eigenvalue weighted by Gasteiger charge is 2.22. The molecule has 0 fully saturated rings. The molecule has 0 aromatic heterocycles. The Balaban J connectivity index is 2.35. The second kappa shape index (κ2) is 6.40. The molecule has 17 heavy (non-hydrogen) atoms. The van der Waals surface area contributed by atoms with Gasteiger partial charge in [0, 0.05) is 6.61 Å². The second-order valence-electron chi connectivity index (χ2n) is 4.96. The van der Waals surface area contributed by atoms with Crippen LogP contribution in [0.25, 0.3) is 0 Å². The molecule has 1 aromatic carbocycles. The summed E-state index contributed by atoms with van der Waals surface area (Å²) in [6.45, 7) is 4.31. The van der Waals surface area contributed by atoms with Crippen molar-refractivity contribution in [2.75, 3.05) is 6.61 Å². The van der Waals surface area contributed by atoms with Crippen LogP contribution < -0.4 is 0 Å². The van der Waals surface area contributed by atoms with Crippen molar-refractivity contribution in [1.82, 2.24) is 0 Å². The zero-order valence-electron chi connectivity index (χ0n) is 10.5. The van der Waals surface area contributed by atoms with E-state index in [2.05, 4.69) is 0 Å². The number of rotatable bonds is 6. The molecule has 0 aliphatic heterocycles. The van der Waals surface area contributed by atoms with Gasteiger partial charge in [0.2, 0.25) is 0 Å². The van der Waals surface area contributed by atoms with Gasteiger partial charge in [-0.15, -0.1) is 0 Å². The summed E-state index contributed by atoms with van der Waals surface area (Å²) in [5.41, 5.74) is 0.781. The Labute approximate surface area is 102 Å². The quantitative estimate of drug-likeness (QED) is 0.772. The monoisotopic (exact) mass is 236 g/mol. The van der Waals surface area contributed by atoms with Gasteiger partial charge in [-0.2, -0.15) is 0 Å². The Morgan fingerprint density at radius 3 is 2.53 bits per heavy atom. The molecular formula is C14H20O3. The van der Waals surface area contributed by atoms with Gasteiger partial charge >= 0.3 is 5.97 Å². The van der Waals surface area contributed by atoms with Gasteiger partial charge in [-0.25, -0.2) is 0 Å². The molecule has 0 unspecified atom stereocenters. The van der Waals surface area contributed by atoms with Crippen LogP contribution in [0.4, 0.5) is 0 Å². The zero-order valence-corrected chi connectivity index (χ0v) is 10.5. The molecule has 3 heteroatoms. The van der Waals surface area contributed by atoms with E-state index in [1.54, 1.807) is 0 Å². The van der Waals surface area contributed by atoms with E-state index < -0.39 is 0 Å². The first-order chi connectivity index (χ1) is 8.03. The van der Waals surface area contributed by atoms with Crippen LogP contribution in [0.5, 0.6) is 0 Å². The van der Waals surface area contributed by atoms with E-state index in [0.717, 1.165) is 5.56 Å². The Morgan fingerprint density at radius 2 is 1.94 bits per heavy atom. The molecule has 0 heterocycles. The molecule has 94 valence electrons. The van der Waals surface area contributed by atoms with E-state index >= 15 is 0 Å². The first-order valence-electron chi connectivity index (χ1n) is 5.84. The summed E-state index contributed by atoms with van der Waals surface area (Å²) < 4.78 is 5.19. The van der Waals surface area contributed by atoms with Gasteiger partial charge in [0.05, 0.1) is 6.42 Å². The summed E-state index contributed by atoms with van der Waals surface area (Å²) in [6, 6.07) is 9.60. The van der Waals surface area contributed by atoms with Gasteiger partial charge in [-0.3, -0.25) is 4.79 Å². The molecule has 1 N–H and O–H groups in total. The number of benzene rings is 1. The molecule has 0 radical (unpaired) electrons. The average molecular weight is 236 g/mol. The van der Waals surface area contributed by atoms with Crippen LogP contribution in [-0.4, -0.2) is 17.7 Å². The summed E-state index contributed by atoms with van der Waals surface area (Å²) >= 11 is 0. The van der Waals surface area contributed by atoms with E-state index in [-0.39, 0.29) is 18.0 Å². The molecule has 3 nitrogen and oxygen atoms in total. The maximum Gasteiger partial charge on any atom is 0.306 e. The number of hydrogen-bond donors (Lipinski definition) is 1. The van der Waals surface area contributed by atoms with Crippen LogP contribution in [0.1, 0.15) is 32.3 Å². The molecule has 0 bridgehead atoms. The van der Waals surface area contributed by atoms with Crippen molar-refractivity contribution in [2.45, 2.75) is 33.3 Å². The lowest BCUT2D eigenvalue weighted by molar-refractivity contribution is -0.147. The molecule has 0 atom stereocenters. The topological polar surface area (TPSA) is 46.5 Å². The van der Waals surface area contributed by atoms with Crippen LogP contribution >= 0.6 is 0 Å². The van der Waals surface area contributed by atoms with Crippen molar-refractivity contribution in [3.63, 3.8) is 0 Å². The standard InChI is InChI=1S/C14H20O3/c1-14(2,8-9-15)10-13(16)17-11-12-6-4-3-5-7-12/h3-7,15H,8-11H2,1-2H3. The first-order valence-corrected chi connectivity index (χ1v) is 5.84. The van der Waals surface area contributed by atoms with Gasteiger partial charge in [0.25, 0.3) is 0 Å². The van der Waals surface area contributed by atoms with Gasteiger partial charge in [-0.1, -0.05) is 44.2 Å². The van der Waals surface area contributed by atoms with Crippen molar-refractivity contribution < 1.29 is 14.6 Å². The molecule has 0 amide bonds. The van der Waals surface area contributed by atoms with Crippen molar-refractivity contribution in [3.8, 4) is 0 Å².